The Morgan fingerprint density at radius 3 is 2.44 bits per heavy atom. The minimum Gasteiger partial charge on any atom is -0.493 e. The second kappa shape index (κ2) is 9.62. The van der Waals surface area contributed by atoms with Crippen LogP contribution in [0.15, 0.2) is 48.5 Å². The highest BCUT2D eigenvalue weighted by atomic mass is 16.5. The number of benzene rings is 2. The number of amides is 2. The number of hydrogen-bond acceptors (Lipinski definition) is 4. The Hall–Kier alpha value is -3.02. The zero-order chi connectivity index (χ0) is 19.8. The summed E-state index contributed by atoms with van der Waals surface area (Å²) in [5.41, 5.74) is 1.92. The van der Waals surface area contributed by atoms with Crippen LogP contribution in [0.1, 0.15) is 24.2 Å². The average Bonchev–Trinajstić information content (AvgIpc) is 2.64. The molecule has 0 aliphatic heterocycles. The summed E-state index contributed by atoms with van der Waals surface area (Å²) < 4.78 is 5.69. The first-order valence-corrected chi connectivity index (χ1v) is 8.93. The van der Waals surface area contributed by atoms with Gasteiger partial charge < -0.3 is 20.3 Å². The fourth-order valence-electron chi connectivity index (χ4n) is 2.33. The van der Waals surface area contributed by atoms with Crippen molar-refractivity contribution in [2.24, 2.45) is 5.92 Å². The molecule has 0 aromatic heterocycles. The van der Waals surface area contributed by atoms with Crippen molar-refractivity contribution in [3.8, 4) is 5.75 Å². The number of carbonyl (C=O) groups excluding carboxylic acids is 2. The first-order valence-electron chi connectivity index (χ1n) is 8.93. The van der Waals surface area contributed by atoms with E-state index in [2.05, 4.69) is 24.5 Å². The van der Waals surface area contributed by atoms with Crippen molar-refractivity contribution in [3.05, 3.63) is 54.1 Å². The van der Waals surface area contributed by atoms with Gasteiger partial charge in [0, 0.05) is 37.1 Å². The number of ether oxygens (including phenoxy) is 1. The van der Waals surface area contributed by atoms with Crippen LogP contribution >= 0.6 is 0 Å². The Bertz CT molecular complexity index is 788. The molecule has 6 heteroatoms. The van der Waals surface area contributed by atoms with E-state index in [0.29, 0.717) is 23.8 Å². The van der Waals surface area contributed by atoms with Crippen LogP contribution in [0.4, 0.5) is 11.4 Å². The van der Waals surface area contributed by atoms with Crippen LogP contribution in [0, 0.1) is 5.92 Å². The van der Waals surface area contributed by atoms with E-state index >= 15 is 0 Å². The molecule has 0 saturated heterocycles. The van der Waals surface area contributed by atoms with Crippen molar-refractivity contribution in [3.63, 3.8) is 0 Å². The summed E-state index contributed by atoms with van der Waals surface area (Å²) in [4.78, 5) is 25.7. The Balaban J connectivity index is 1.90. The van der Waals surface area contributed by atoms with Gasteiger partial charge in [-0.1, -0.05) is 26.0 Å². The van der Waals surface area contributed by atoms with Gasteiger partial charge >= 0.3 is 0 Å². The molecule has 144 valence electrons. The fraction of sp³-hybridized carbons (Fsp3) is 0.333. The topological polar surface area (TPSA) is 70.7 Å². The van der Waals surface area contributed by atoms with Crippen LogP contribution in [0.5, 0.6) is 5.75 Å². The zero-order valence-electron chi connectivity index (χ0n) is 16.3. The van der Waals surface area contributed by atoms with E-state index < -0.39 is 0 Å². The maximum absolute atomic E-state index is 12.2. The van der Waals surface area contributed by atoms with Gasteiger partial charge in [-0.05, 0) is 36.2 Å². The quantitative estimate of drug-likeness (QED) is 0.747. The normalized spacial score (nSPS) is 10.4. The van der Waals surface area contributed by atoms with Gasteiger partial charge in [0.2, 0.25) is 5.91 Å². The number of hydrogen-bond donors (Lipinski definition) is 2. The largest absolute Gasteiger partial charge is 0.493 e. The summed E-state index contributed by atoms with van der Waals surface area (Å²) in [6, 6.07) is 14.4. The van der Waals surface area contributed by atoms with E-state index in [1.165, 1.54) is 4.90 Å². The molecule has 0 saturated carbocycles. The van der Waals surface area contributed by atoms with Gasteiger partial charge in [-0.25, -0.2) is 0 Å². The summed E-state index contributed by atoms with van der Waals surface area (Å²) in [7, 11) is 3.38. The number of nitrogens with zero attached hydrogens (tertiary/aromatic N) is 1. The van der Waals surface area contributed by atoms with Gasteiger partial charge in [-0.15, -0.1) is 0 Å². The van der Waals surface area contributed by atoms with Crippen LogP contribution in [0.2, 0.25) is 0 Å². The Kier molecular flexibility index (Phi) is 7.23. The molecule has 0 fully saturated rings. The summed E-state index contributed by atoms with van der Waals surface area (Å²) in [6.07, 6.45) is 0. The number of nitrogens with one attached hydrogen (secondary N) is 2. The standard InChI is InChI=1S/C21H27N3O3/c1-15(2)14-27-19-10-6-8-17(12-19)22-13-20(25)23-18-9-5-7-16(11-18)21(26)24(3)4/h5-12,15,22H,13-14H2,1-4H3,(H,23,25). The highest BCUT2D eigenvalue weighted by Gasteiger charge is 2.09. The summed E-state index contributed by atoms with van der Waals surface area (Å²) in [5.74, 6) is 0.909. The molecular formula is C21H27N3O3. The van der Waals surface area contributed by atoms with Crippen molar-refractivity contribution in [2.45, 2.75) is 13.8 Å². The lowest BCUT2D eigenvalue weighted by Gasteiger charge is -2.13. The van der Waals surface area contributed by atoms with Gasteiger partial charge in [0.15, 0.2) is 0 Å². The fourth-order valence-corrected chi connectivity index (χ4v) is 2.33. The molecule has 0 aliphatic carbocycles. The van der Waals surface area contributed by atoms with Crippen molar-refractivity contribution in [1.29, 1.82) is 0 Å². The molecule has 0 spiro atoms. The predicted molar refractivity (Wildman–Crippen MR) is 108 cm³/mol. The van der Waals surface area contributed by atoms with Crippen LogP contribution in [-0.2, 0) is 4.79 Å². The van der Waals surface area contributed by atoms with E-state index in [1.807, 2.05) is 24.3 Å². The molecule has 0 radical (unpaired) electrons. The molecule has 2 amide bonds. The number of anilines is 2. The molecule has 6 nitrogen and oxygen atoms in total. The van der Waals surface area contributed by atoms with Crippen molar-refractivity contribution < 1.29 is 14.3 Å². The molecule has 2 rings (SSSR count). The van der Waals surface area contributed by atoms with Gasteiger partial charge in [0.1, 0.15) is 5.75 Å². The summed E-state index contributed by atoms with van der Waals surface area (Å²) in [6.45, 7) is 4.94. The molecule has 0 heterocycles. The molecule has 0 atom stereocenters. The number of rotatable bonds is 8. The average molecular weight is 369 g/mol. The van der Waals surface area contributed by atoms with E-state index in [-0.39, 0.29) is 18.4 Å². The maximum atomic E-state index is 12.2. The van der Waals surface area contributed by atoms with E-state index in [4.69, 9.17) is 4.74 Å². The third-order valence-electron chi connectivity index (χ3n) is 3.67. The molecule has 0 bridgehead atoms. The van der Waals surface area contributed by atoms with Gasteiger partial charge in [0.25, 0.3) is 5.91 Å². The predicted octanol–water partition coefficient (Wildman–Crippen LogP) is 3.47. The molecule has 0 unspecified atom stereocenters. The second-order valence-corrected chi connectivity index (χ2v) is 6.91. The van der Waals surface area contributed by atoms with Gasteiger partial charge in [-0.3, -0.25) is 9.59 Å². The van der Waals surface area contributed by atoms with Crippen LogP contribution in [0.25, 0.3) is 0 Å². The highest BCUT2D eigenvalue weighted by molar-refractivity contribution is 5.97. The molecule has 0 aliphatic rings. The summed E-state index contributed by atoms with van der Waals surface area (Å²) in [5, 5.41) is 5.88. The summed E-state index contributed by atoms with van der Waals surface area (Å²) >= 11 is 0. The maximum Gasteiger partial charge on any atom is 0.253 e. The second-order valence-electron chi connectivity index (χ2n) is 6.91. The first kappa shape index (κ1) is 20.3. The third-order valence-corrected chi connectivity index (χ3v) is 3.67. The van der Waals surface area contributed by atoms with E-state index in [9.17, 15) is 9.59 Å². The smallest absolute Gasteiger partial charge is 0.253 e. The molecular weight excluding hydrogens is 342 g/mol. The zero-order valence-corrected chi connectivity index (χ0v) is 16.3. The lowest BCUT2D eigenvalue weighted by molar-refractivity contribution is -0.114. The molecule has 2 aromatic carbocycles. The lowest BCUT2D eigenvalue weighted by atomic mass is 10.2. The Labute approximate surface area is 160 Å². The molecule has 27 heavy (non-hydrogen) atoms. The van der Waals surface area contributed by atoms with Crippen LogP contribution in [0.3, 0.4) is 0 Å². The van der Waals surface area contributed by atoms with E-state index in [0.717, 1.165) is 11.4 Å². The van der Waals surface area contributed by atoms with Crippen molar-refractivity contribution in [1.82, 2.24) is 4.90 Å². The molecule has 2 N–H and O–H groups in total. The van der Waals surface area contributed by atoms with Crippen LogP contribution in [-0.4, -0.2) is 44.0 Å². The van der Waals surface area contributed by atoms with E-state index in [1.54, 1.807) is 38.4 Å². The Morgan fingerprint density at radius 1 is 1.04 bits per heavy atom. The van der Waals surface area contributed by atoms with Crippen molar-refractivity contribution in [2.75, 3.05) is 37.9 Å². The van der Waals surface area contributed by atoms with Gasteiger partial charge in [-0.2, -0.15) is 0 Å². The monoisotopic (exact) mass is 369 g/mol. The van der Waals surface area contributed by atoms with Crippen LogP contribution < -0.4 is 15.4 Å². The first-order chi connectivity index (χ1) is 12.8. The Morgan fingerprint density at radius 2 is 1.74 bits per heavy atom. The highest BCUT2D eigenvalue weighted by Crippen LogP contribution is 2.18. The minimum absolute atomic E-state index is 0.109. The third kappa shape index (κ3) is 6.66. The SMILES string of the molecule is CC(C)COc1cccc(NCC(=O)Nc2cccc(C(=O)N(C)C)c2)c1. The number of carbonyl (C=O) groups is 2. The minimum atomic E-state index is -0.196. The van der Waals surface area contributed by atoms with Crippen molar-refractivity contribution >= 4 is 23.2 Å². The van der Waals surface area contributed by atoms with Gasteiger partial charge in [0.05, 0.1) is 13.2 Å². The lowest BCUT2D eigenvalue weighted by Crippen LogP contribution is -2.23. The molecule has 2 aromatic rings.